The van der Waals surface area contributed by atoms with Crippen LogP contribution in [-0.4, -0.2) is 24.1 Å². The molecule has 0 fully saturated rings. The quantitative estimate of drug-likeness (QED) is 0.153. The Balaban J connectivity index is 1.11. The normalized spacial score (nSPS) is 11.5. The highest BCUT2D eigenvalue weighted by molar-refractivity contribution is 6.24. The number of hydrogen-bond donors (Lipinski definition) is 0. The molecular formula is C63H41N5. The first-order valence-corrected chi connectivity index (χ1v) is 23.0. The zero-order chi connectivity index (χ0) is 45.0. The molecule has 68 heavy (non-hydrogen) atoms. The molecule has 5 heteroatoms. The number of rotatable bonds is 8. The molecule has 0 saturated carbocycles. The van der Waals surface area contributed by atoms with E-state index in [9.17, 15) is 0 Å². The first kappa shape index (κ1) is 39.2. The Morgan fingerprint density at radius 1 is 0.250 bits per heavy atom. The van der Waals surface area contributed by atoms with Crippen molar-refractivity contribution in [2.45, 2.75) is 0 Å². The molecule has 10 aromatic carbocycles. The lowest BCUT2D eigenvalue weighted by Crippen LogP contribution is -2.07. The Kier molecular flexibility index (Phi) is 9.43. The molecule has 13 rings (SSSR count). The SMILES string of the molecule is c1ccc(-c2ccc(-c3cc(-c4ccccc4)ccc3-n3c4ccccc4c4ccc5c6ccccc6n(-c6nc(-c7ccccc7)nc(-c7cccc(-c8ccccc8)c7)n6)c5c43)cc2)cc1. The average molecular weight is 868 g/mol. The molecule has 0 aliphatic carbocycles. The fraction of sp³-hybridized carbons (Fsp3) is 0. The van der Waals surface area contributed by atoms with Crippen LogP contribution in [0.3, 0.4) is 0 Å². The van der Waals surface area contributed by atoms with E-state index < -0.39 is 0 Å². The van der Waals surface area contributed by atoms with Crippen molar-refractivity contribution in [1.82, 2.24) is 24.1 Å². The molecule has 0 radical (unpaired) electrons. The summed E-state index contributed by atoms with van der Waals surface area (Å²) in [4.78, 5) is 16.0. The predicted molar refractivity (Wildman–Crippen MR) is 281 cm³/mol. The summed E-state index contributed by atoms with van der Waals surface area (Å²) in [7, 11) is 0. The van der Waals surface area contributed by atoms with Gasteiger partial charge in [0.25, 0.3) is 0 Å². The Morgan fingerprint density at radius 2 is 0.662 bits per heavy atom. The lowest BCUT2D eigenvalue weighted by atomic mass is 9.95. The second-order valence-electron chi connectivity index (χ2n) is 17.2. The summed E-state index contributed by atoms with van der Waals surface area (Å²) in [5, 5.41) is 4.54. The molecule has 3 heterocycles. The summed E-state index contributed by atoms with van der Waals surface area (Å²) in [5.41, 5.74) is 16.3. The molecule has 5 nitrogen and oxygen atoms in total. The number of fused-ring (bicyclic) bond motifs is 7. The van der Waals surface area contributed by atoms with E-state index in [1.807, 2.05) is 24.3 Å². The molecule has 0 N–H and O–H groups in total. The highest BCUT2D eigenvalue weighted by Gasteiger charge is 2.25. The van der Waals surface area contributed by atoms with Gasteiger partial charge in [0.15, 0.2) is 11.6 Å². The van der Waals surface area contributed by atoms with Crippen molar-refractivity contribution in [3.8, 4) is 78.9 Å². The molecular weight excluding hydrogens is 827 g/mol. The fourth-order valence-corrected chi connectivity index (χ4v) is 9.98. The summed E-state index contributed by atoms with van der Waals surface area (Å²) in [6, 6.07) is 88.3. The number of benzene rings is 10. The lowest BCUT2D eigenvalue weighted by molar-refractivity contribution is 0.953. The van der Waals surface area contributed by atoms with Gasteiger partial charge in [0.1, 0.15) is 0 Å². The summed E-state index contributed by atoms with van der Waals surface area (Å²) in [6.45, 7) is 0. The summed E-state index contributed by atoms with van der Waals surface area (Å²) < 4.78 is 4.74. The van der Waals surface area contributed by atoms with Crippen molar-refractivity contribution in [1.29, 1.82) is 0 Å². The van der Waals surface area contributed by atoms with E-state index in [4.69, 9.17) is 15.0 Å². The van der Waals surface area contributed by atoms with Crippen molar-refractivity contribution in [2.75, 3.05) is 0 Å². The minimum atomic E-state index is 0.547. The molecule has 3 aromatic heterocycles. The van der Waals surface area contributed by atoms with Crippen LogP contribution in [0.1, 0.15) is 0 Å². The molecule has 0 spiro atoms. The fourth-order valence-electron chi connectivity index (χ4n) is 9.98. The predicted octanol–water partition coefficient (Wildman–Crippen LogP) is 16.1. The standard InChI is InChI=1S/C63H41N5/c1-5-18-42(19-6-1)45-32-34-46(35-33-45)55-41-49(44-22-9-3-10-23-44)36-39-58(55)67-56-30-15-13-28-51(56)53-37-38-54-52-29-14-16-31-57(52)68(60(54)59(53)67)63-65-61(47-24-11-4-12-25-47)64-62(66-63)50-27-17-26-48(40-50)43-20-7-2-8-21-43/h1-41H. The van der Waals surface area contributed by atoms with Gasteiger partial charge in [-0.25, -0.2) is 4.98 Å². The van der Waals surface area contributed by atoms with Gasteiger partial charge < -0.3 is 4.57 Å². The topological polar surface area (TPSA) is 48.5 Å². The number of para-hydroxylation sites is 2. The van der Waals surface area contributed by atoms with Crippen LogP contribution in [0, 0.1) is 0 Å². The molecule has 0 bridgehead atoms. The van der Waals surface area contributed by atoms with Crippen LogP contribution < -0.4 is 0 Å². The second kappa shape index (κ2) is 16.4. The van der Waals surface area contributed by atoms with Crippen LogP contribution in [0.5, 0.6) is 0 Å². The summed E-state index contributed by atoms with van der Waals surface area (Å²) in [6.07, 6.45) is 0. The van der Waals surface area contributed by atoms with Crippen LogP contribution in [0.4, 0.5) is 0 Å². The number of hydrogen-bond acceptors (Lipinski definition) is 3. The first-order valence-electron chi connectivity index (χ1n) is 23.0. The van der Waals surface area contributed by atoms with E-state index in [-0.39, 0.29) is 0 Å². The van der Waals surface area contributed by atoms with Crippen molar-refractivity contribution < 1.29 is 0 Å². The maximum Gasteiger partial charge on any atom is 0.238 e. The van der Waals surface area contributed by atoms with Gasteiger partial charge >= 0.3 is 0 Å². The van der Waals surface area contributed by atoms with Crippen molar-refractivity contribution in [2.24, 2.45) is 0 Å². The zero-order valence-corrected chi connectivity index (χ0v) is 36.9. The molecule has 0 amide bonds. The Bertz CT molecular complexity index is 3990. The maximum atomic E-state index is 5.44. The minimum Gasteiger partial charge on any atom is -0.307 e. The molecule has 13 aromatic rings. The number of nitrogens with zero attached hydrogens (tertiary/aromatic N) is 5. The monoisotopic (exact) mass is 867 g/mol. The van der Waals surface area contributed by atoms with Crippen LogP contribution in [0.15, 0.2) is 249 Å². The largest absolute Gasteiger partial charge is 0.307 e. The molecule has 0 aliphatic heterocycles. The highest BCUT2D eigenvalue weighted by atomic mass is 15.2. The van der Waals surface area contributed by atoms with E-state index in [2.05, 4.69) is 234 Å². The lowest BCUT2D eigenvalue weighted by Gasteiger charge is -2.18. The van der Waals surface area contributed by atoms with Crippen molar-refractivity contribution >= 4 is 43.6 Å². The van der Waals surface area contributed by atoms with Gasteiger partial charge in [-0.1, -0.05) is 218 Å². The van der Waals surface area contributed by atoms with Gasteiger partial charge in [0.05, 0.1) is 27.8 Å². The van der Waals surface area contributed by atoms with Gasteiger partial charge in [0.2, 0.25) is 5.95 Å². The van der Waals surface area contributed by atoms with Crippen LogP contribution in [0.25, 0.3) is 123 Å². The van der Waals surface area contributed by atoms with Gasteiger partial charge in [-0.05, 0) is 69.3 Å². The highest BCUT2D eigenvalue weighted by Crippen LogP contribution is 2.44. The van der Waals surface area contributed by atoms with E-state index in [0.29, 0.717) is 17.6 Å². The second-order valence-corrected chi connectivity index (χ2v) is 17.2. The van der Waals surface area contributed by atoms with Gasteiger partial charge in [-0.3, -0.25) is 4.57 Å². The van der Waals surface area contributed by atoms with Gasteiger partial charge in [-0.15, -0.1) is 0 Å². The molecule has 318 valence electrons. The average Bonchev–Trinajstić information content (AvgIpc) is 3.95. The summed E-state index contributed by atoms with van der Waals surface area (Å²) >= 11 is 0. The number of aromatic nitrogens is 5. The van der Waals surface area contributed by atoms with Gasteiger partial charge in [0, 0.05) is 38.2 Å². The molecule has 0 unspecified atom stereocenters. The third kappa shape index (κ3) is 6.68. The van der Waals surface area contributed by atoms with E-state index >= 15 is 0 Å². The maximum absolute atomic E-state index is 5.44. The Hall–Kier alpha value is -9.19. The first-order chi connectivity index (χ1) is 33.7. The van der Waals surface area contributed by atoms with Crippen molar-refractivity contribution in [3.63, 3.8) is 0 Å². The third-order valence-electron chi connectivity index (χ3n) is 13.2. The zero-order valence-electron chi connectivity index (χ0n) is 36.9. The van der Waals surface area contributed by atoms with E-state index in [0.717, 1.165) is 88.2 Å². The minimum absolute atomic E-state index is 0.547. The molecule has 0 atom stereocenters. The summed E-state index contributed by atoms with van der Waals surface area (Å²) in [5.74, 6) is 1.75. The van der Waals surface area contributed by atoms with E-state index in [1.54, 1.807) is 0 Å². The van der Waals surface area contributed by atoms with E-state index in [1.165, 1.54) is 16.7 Å². The van der Waals surface area contributed by atoms with Crippen molar-refractivity contribution in [3.05, 3.63) is 249 Å². The Labute approximate surface area is 393 Å². The van der Waals surface area contributed by atoms with Crippen LogP contribution in [0.2, 0.25) is 0 Å². The van der Waals surface area contributed by atoms with Crippen LogP contribution >= 0.6 is 0 Å². The smallest absolute Gasteiger partial charge is 0.238 e. The van der Waals surface area contributed by atoms with Crippen LogP contribution in [-0.2, 0) is 0 Å². The third-order valence-corrected chi connectivity index (χ3v) is 13.2. The molecule has 0 aliphatic rings. The molecule has 0 saturated heterocycles. The van der Waals surface area contributed by atoms with Gasteiger partial charge in [-0.2, -0.15) is 9.97 Å². The Morgan fingerprint density at radius 3 is 1.26 bits per heavy atom.